The van der Waals surface area contributed by atoms with Crippen molar-refractivity contribution in [1.82, 2.24) is 5.32 Å². The van der Waals surface area contributed by atoms with Crippen LogP contribution in [0.3, 0.4) is 0 Å². The van der Waals surface area contributed by atoms with Gasteiger partial charge in [0.25, 0.3) is 15.9 Å². The van der Waals surface area contributed by atoms with E-state index in [1.54, 1.807) is 60.3 Å². The lowest BCUT2D eigenvalue weighted by molar-refractivity contribution is 0.0956. The Bertz CT molecular complexity index is 1130. The van der Waals surface area contributed by atoms with Gasteiger partial charge in [0.1, 0.15) is 0 Å². The van der Waals surface area contributed by atoms with Gasteiger partial charge in [-0.1, -0.05) is 42.0 Å². The van der Waals surface area contributed by atoms with Gasteiger partial charge in [-0.15, -0.1) is 0 Å². The molecule has 7 heteroatoms. The van der Waals surface area contributed by atoms with Gasteiger partial charge in [0.2, 0.25) is 0 Å². The van der Waals surface area contributed by atoms with Crippen molar-refractivity contribution in [1.29, 1.82) is 0 Å². The standard InChI is InChI=1S/C24H26N2O3S2/c1-18-7-13-23(14-8-18)31(28,29)26-22-11-9-20(10-12-22)24(27)25-15-16-30-17-21-6-4-3-5-19(21)2/h3-14,26H,15-17H2,1-2H3,(H,25,27). The lowest BCUT2D eigenvalue weighted by Gasteiger charge is -2.10. The molecule has 1 amide bonds. The number of nitrogens with one attached hydrogen (secondary N) is 2. The van der Waals surface area contributed by atoms with Crippen LogP contribution in [0.25, 0.3) is 0 Å². The molecule has 0 aromatic heterocycles. The Morgan fingerprint density at radius 2 is 1.58 bits per heavy atom. The van der Waals surface area contributed by atoms with Gasteiger partial charge < -0.3 is 5.32 Å². The SMILES string of the molecule is Cc1ccc(S(=O)(=O)Nc2ccc(C(=O)NCCSCc3ccccc3C)cc2)cc1. The molecule has 0 radical (unpaired) electrons. The van der Waals surface area contributed by atoms with Crippen molar-refractivity contribution in [2.75, 3.05) is 17.0 Å². The Kier molecular flexibility index (Phi) is 7.76. The molecular weight excluding hydrogens is 428 g/mol. The number of aryl methyl sites for hydroxylation is 2. The maximum atomic E-state index is 12.5. The highest BCUT2D eigenvalue weighted by Gasteiger charge is 2.14. The first-order valence-corrected chi connectivity index (χ1v) is 12.6. The Morgan fingerprint density at radius 3 is 2.26 bits per heavy atom. The maximum Gasteiger partial charge on any atom is 0.261 e. The number of sulfonamides is 1. The van der Waals surface area contributed by atoms with Gasteiger partial charge >= 0.3 is 0 Å². The summed E-state index contributed by atoms with van der Waals surface area (Å²) >= 11 is 1.77. The van der Waals surface area contributed by atoms with Crippen LogP contribution in [0.15, 0.2) is 77.7 Å². The van der Waals surface area contributed by atoms with E-state index in [9.17, 15) is 13.2 Å². The van der Waals surface area contributed by atoms with Crippen molar-refractivity contribution >= 4 is 33.4 Å². The highest BCUT2D eigenvalue weighted by molar-refractivity contribution is 7.98. The van der Waals surface area contributed by atoms with Crippen LogP contribution in [0.4, 0.5) is 5.69 Å². The summed E-state index contributed by atoms with van der Waals surface area (Å²) in [5.41, 5.74) is 4.47. The van der Waals surface area contributed by atoms with Crippen LogP contribution < -0.4 is 10.0 Å². The van der Waals surface area contributed by atoms with Gasteiger partial charge in [0, 0.05) is 29.3 Å². The van der Waals surface area contributed by atoms with Gasteiger partial charge in [0.05, 0.1) is 4.90 Å². The van der Waals surface area contributed by atoms with Crippen LogP contribution in [-0.4, -0.2) is 26.6 Å². The fourth-order valence-electron chi connectivity index (χ4n) is 2.91. The monoisotopic (exact) mass is 454 g/mol. The van der Waals surface area contributed by atoms with Crippen molar-refractivity contribution in [2.24, 2.45) is 0 Å². The Hall–Kier alpha value is -2.77. The van der Waals surface area contributed by atoms with E-state index in [1.807, 2.05) is 19.1 Å². The predicted molar refractivity (Wildman–Crippen MR) is 128 cm³/mol. The third kappa shape index (κ3) is 6.60. The van der Waals surface area contributed by atoms with E-state index in [-0.39, 0.29) is 10.8 Å². The second kappa shape index (κ2) is 10.5. The number of rotatable bonds is 9. The lowest BCUT2D eigenvalue weighted by Crippen LogP contribution is -2.25. The Labute approximate surface area is 188 Å². The number of carbonyl (C=O) groups excluding carboxylic acids is 1. The summed E-state index contributed by atoms with van der Waals surface area (Å²) in [5.74, 6) is 1.55. The topological polar surface area (TPSA) is 75.3 Å². The van der Waals surface area contributed by atoms with E-state index in [4.69, 9.17) is 0 Å². The summed E-state index contributed by atoms with van der Waals surface area (Å²) < 4.78 is 27.5. The number of hydrogen-bond donors (Lipinski definition) is 2. The summed E-state index contributed by atoms with van der Waals surface area (Å²) in [6.07, 6.45) is 0. The minimum atomic E-state index is -3.66. The minimum absolute atomic E-state index is 0.176. The zero-order valence-corrected chi connectivity index (χ0v) is 19.2. The van der Waals surface area contributed by atoms with Gasteiger partial charge in [-0.05, 0) is 61.4 Å². The first-order valence-electron chi connectivity index (χ1n) is 9.95. The molecule has 3 aromatic rings. The van der Waals surface area contributed by atoms with Gasteiger partial charge in [-0.2, -0.15) is 11.8 Å². The largest absolute Gasteiger partial charge is 0.351 e. The fraction of sp³-hybridized carbons (Fsp3) is 0.208. The number of amides is 1. The molecule has 0 spiro atoms. The van der Waals surface area contributed by atoms with Gasteiger partial charge in [-0.25, -0.2) is 8.42 Å². The number of thioether (sulfide) groups is 1. The molecule has 0 aliphatic heterocycles. The van der Waals surface area contributed by atoms with E-state index in [0.717, 1.165) is 17.1 Å². The van der Waals surface area contributed by atoms with E-state index >= 15 is 0 Å². The molecule has 0 heterocycles. The van der Waals surface area contributed by atoms with Crippen LogP contribution >= 0.6 is 11.8 Å². The number of hydrogen-bond acceptors (Lipinski definition) is 4. The van der Waals surface area contributed by atoms with Crippen molar-refractivity contribution in [3.05, 3.63) is 95.1 Å². The molecule has 162 valence electrons. The highest BCUT2D eigenvalue weighted by Crippen LogP contribution is 2.18. The summed E-state index contributed by atoms with van der Waals surface area (Å²) in [7, 11) is -3.66. The zero-order chi connectivity index (χ0) is 22.3. The van der Waals surface area contributed by atoms with Crippen LogP contribution in [0, 0.1) is 13.8 Å². The number of carbonyl (C=O) groups is 1. The molecule has 3 aromatic carbocycles. The molecule has 0 saturated carbocycles. The average Bonchev–Trinajstić information content (AvgIpc) is 2.75. The van der Waals surface area contributed by atoms with Crippen LogP contribution in [-0.2, 0) is 15.8 Å². The first-order chi connectivity index (χ1) is 14.8. The van der Waals surface area contributed by atoms with Gasteiger partial charge in [-0.3, -0.25) is 9.52 Å². The highest BCUT2D eigenvalue weighted by atomic mass is 32.2. The summed E-state index contributed by atoms with van der Waals surface area (Å²) in [6, 6.07) is 21.3. The summed E-state index contributed by atoms with van der Waals surface area (Å²) in [6.45, 7) is 4.57. The minimum Gasteiger partial charge on any atom is -0.351 e. The van der Waals surface area contributed by atoms with Crippen molar-refractivity contribution < 1.29 is 13.2 Å². The second-order valence-corrected chi connectivity index (χ2v) is 10.0. The van der Waals surface area contributed by atoms with Gasteiger partial charge in [0.15, 0.2) is 0 Å². The van der Waals surface area contributed by atoms with E-state index in [0.29, 0.717) is 17.8 Å². The summed E-state index contributed by atoms with van der Waals surface area (Å²) in [4.78, 5) is 12.5. The molecule has 0 aliphatic carbocycles. The molecule has 0 unspecified atom stereocenters. The number of anilines is 1. The van der Waals surface area contributed by atoms with E-state index in [1.165, 1.54) is 11.1 Å². The molecular formula is C24H26N2O3S2. The molecule has 0 atom stereocenters. The lowest BCUT2D eigenvalue weighted by atomic mass is 10.1. The maximum absolute atomic E-state index is 12.5. The van der Waals surface area contributed by atoms with Crippen molar-refractivity contribution in [3.63, 3.8) is 0 Å². The van der Waals surface area contributed by atoms with Crippen LogP contribution in [0.5, 0.6) is 0 Å². The second-order valence-electron chi connectivity index (χ2n) is 7.23. The average molecular weight is 455 g/mol. The normalized spacial score (nSPS) is 11.2. The Morgan fingerprint density at radius 1 is 0.903 bits per heavy atom. The van der Waals surface area contributed by atoms with Crippen molar-refractivity contribution in [2.45, 2.75) is 24.5 Å². The third-order valence-corrected chi connectivity index (χ3v) is 7.19. The smallest absolute Gasteiger partial charge is 0.261 e. The third-order valence-electron chi connectivity index (χ3n) is 4.78. The molecule has 0 bridgehead atoms. The molecule has 2 N–H and O–H groups in total. The molecule has 0 fully saturated rings. The van der Waals surface area contributed by atoms with Crippen LogP contribution in [0.1, 0.15) is 27.0 Å². The quantitative estimate of drug-likeness (QED) is 0.457. The van der Waals surface area contributed by atoms with E-state index in [2.05, 4.69) is 29.1 Å². The number of benzene rings is 3. The Balaban J connectivity index is 1.47. The van der Waals surface area contributed by atoms with E-state index < -0.39 is 10.0 Å². The predicted octanol–water partition coefficient (Wildman–Crippen LogP) is 4.77. The first kappa shape index (κ1) is 22.9. The molecule has 31 heavy (non-hydrogen) atoms. The summed E-state index contributed by atoms with van der Waals surface area (Å²) in [5, 5.41) is 2.90. The van der Waals surface area contributed by atoms with Crippen molar-refractivity contribution in [3.8, 4) is 0 Å². The molecule has 3 rings (SSSR count). The molecule has 0 saturated heterocycles. The zero-order valence-electron chi connectivity index (χ0n) is 17.6. The molecule has 0 aliphatic rings. The van der Waals surface area contributed by atoms with Crippen LogP contribution in [0.2, 0.25) is 0 Å². The molecule has 5 nitrogen and oxygen atoms in total. The fourth-order valence-corrected chi connectivity index (χ4v) is 4.91.